The molecule has 5 nitrogen and oxygen atoms in total. The lowest BCUT2D eigenvalue weighted by Crippen LogP contribution is -2.49. The lowest BCUT2D eigenvalue weighted by molar-refractivity contribution is -0.132. The van der Waals surface area contributed by atoms with Crippen molar-refractivity contribution in [1.82, 2.24) is 19.6 Å². The molecule has 2 rings (SSSR count). The number of hydrogen-bond acceptors (Lipinski definition) is 3. The van der Waals surface area contributed by atoms with Crippen LogP contribution in [0.2, 0.25) is 0 Å². The predicted molar refractivity (Wildman–Crippen MR) is 107 cm³/mol. The van der Waals surface area contributed by atoms with E-state index < -0.39 is 0 Å². The van der Waals surface area contributed by atoms with E-state index in [0.29, 0.717) is 18.2 Å². The predicted octanol–water partition coefficient (Wildman–Crippen LogP) is 3.28. The number of carbonyl (C=O) groups is 1. The minimum atomic E-state index is 0.295. The van der Waals surface area contributed by atoms with Gasteiger partial charge in [-0.3, -0.25) is 14.4 Å². The molecule has 5 heteroatoms. The number of carbonyl (C=O) groups excluding carboxylic acids is 1. The van der Waals surface area contributed by atoms with Crippen LogP contribution in [-0.2, 0) is 17.8 Å². The first-order chi connectivity index (χ1) is 12.3. The van der Waals surface area contributed by atoms with Crippen LogP contribution in [0.15, 0.2) is 0 Å². The quantitative estimate of drug-likeness (QED) is 0.713. The lowest BCUT2D eigenvalue weighted by atomic mass is 10.1. The highest BCUT2D eigenvalue weighted by atomic mass is 16.2. The molecule has 0 aromatic carbocycles. The summed E-state index contributed by atoms with van der Waals surface area (Å²) < 4.78 is 2.10. The van der Waals surface area contributed by atoms with E-state index in [9.17, 15) is 4.79 Å². The number of piperazine rings is 1. The van der Waals surface area contributed by atoms with E-state index in [1.54, 1.807) is 0 Å². The molecule has 1 fully saturated rings. The molecule has 1 aliphatic heterocycles. The van der Waals surface area contributed by atoms with Crippen LogP contribution in [-0.4, -0.2) is 58.2 Å². The Kier molecular flexibility index (Phi) is 7.69. The standard InChI is InChI=1S/C21H38N4O/c1-16(2)9-10-23-11-13-24(14-12-23)21(26)8-7-20-18(5)22-25(19(20)6)15-17(3)4/h16-17H,7-15H2,1-6H3. The molecular weight excluding hydrogens is 324 g/mol. The number of aryl methyl sites for hydroxylation is 1. The van der Waals surface area contributed by atoms with Crippen molar-refractivity contribution in [2.75, 3.05) is 32.7 Å². The number of aromatic nitrogens is 2. The second kappa shape index (κ2) is 9.54. The average Bonchev–Trinajstić information content (AvgIpc) is 2.84. The van der Waals surface area contributed by atoms with E-state index in [4.69, 9.17) is 0 Å². The average molecular weight is 363 g/mol. The van der Waals surface area contributed by atoms with Crippen LogP contribution in [0.3, 0.4) is 0 Å². The Morgan fingerprint density at radius 1 is 1.04 bits per heavy atom. The maximum Gasteiger partial charge on any atom is 0.222 e. The highest BCUT2D eigenvalue weighted by Gasteiger charge is 2.22. The minimum Gasteiger partial charge on any atom is -0.340 e. The summed E-state index contributed by atoms with van der Waals surface area (Å²) >= 11 is 0. The molecule has 0 aliphatic carbocycles. The Bertz CT molecular complexity index is 583. The molecule has 1 aromatic rings. The minimum absolute atomic E-state index is 0.295. The van der Waals surface area contributed by atoms with Gasteiger partial charge >= 0.3 is 0 Å². The molecule has 2 heterocycles. The molecule has 0 N–H and O–H groups in total. The van der Waals surface area contributed by atoms with E-state index in [1.807, 2.05) is 0 Å². The number of hydrogen-bond donors (Lipinski definition) is 0. The van der Waals surface area contributed by atoms with Crippen LogP contribution in [0.4, 0.5) is 0 Å². The summed E-state index contributed by atoms with van der Waals surface area (Å²) in [4.78, 5) is 17.2. The molecular formula is C21H38N4O. The van der Waals surface area contributed by atoms with Gasteiger partial charge in [0, 0.05) is 44.8 Å². The SMILES string of the molecule is Cc1nn(CC(C)C)c(C)c1CCC(=O)N1CCN(CCC(C)C)CC1. The summed E-state index contributed by atoms with van der Waals surface area (Å²) in [6.07, 6.45) is 2.65. The fraction of sp³-hybridized carbons (Fsp3) is 0.810. The molecule has 0 radical (unpaired) electrons. The Labute approximate surface area is 159 Å². The summed E-state index contributed by atoms with van der Waals surface area (Å²) in [6.45, 7) is 19.1. The van der Waals surface area contributed by atoms with E-state index in [2.05, 4.69) is 61.1 Å². The highest BCUT2D eigenvalue weighted by Crippen LogP contribution is 2.17. The van der Waals surface area contributed by atoms with Crippen molar-refractivity contribution in [3.05, 3.63) is 17.0 Å². The number of rotatable bonds is 8. The summed E-state index contributed by atoms with van der Waals surface area (Å²) in [5.41, 5.74) is 3.56. The highest BCUT2D eigenvalue weighted by molar-refractivity contribution is 5.76. The van der Waals surface area contributed by atoms with Crippen molar-refractivity contribution >= 4 is 5.91 Å². The maximum atomic E-state index is 12.6. The van der Waals surface area contributed by atoms with Crippen molar-refractivity contribution < 1.29 is 4.79 Å². The van der Waals surface area contributed by atoms with Gasteiger partial charge in [0.15, 0.2) is 0 Å². The molecule has 1 amide bonds. The van der Waals surface area contributed by atoms with Gasteiger partial charge in [0.25, 0.3) is 0 Å². The van der Waals surface area contributed by atoms with Crippen LogP contribution < -0.4 is 0 Å². The molecule has 1 aromatic heterocycles. The third kappa shape index (κ3) is 5.83. The van der Waals surface area contributed by atoms with Gasteiger partial charge in [-0.1, -0.05) is 27.7 Å². The van der Waals surface area contributed by atoms with Gasteiger partial charge in [-0.15, -0.1) is 0 Å². The first kappa shape index (κ1) is 20.9. The Hall–Kier alpha value is -1.36. The maximum absolute atomic E-state index is 12.6. The molecule has 0 saturated carbocycles. The van der Waals surface area contributed by atoms with Crippen LogP contribution in [0, 0.1) is 25.7 Å². The van der Waals surface area contributed by atoms with Gasteiger partial charge in [0.05, 0.1) is 5.69 Å². The molecule has 0 atom stereocenters. The summed E-state index contributed by atoms with van der Waals surface area (Å²) in [5.74, 6) is 1.62. The fourth-order valence-corrected chi connectivity index (χ4v) is 3.67. The molecule has 0 unspecified atom stereocenters. The fourth-order valence-electron chi connectivity index (χ4n) is 3.67. The summed E-state index contributed by atoms with van der Waals surface area (Å²) in [5, 5.41) is 4.67. The molecule has 148 valence electrons. The smallest absolute Gasteiger partial charge is 0.222 e. The van der Waals surface area contributed by atoms with Crippen LogP contribution in [0.5, 0.6) is 0 Å². The Balaban J connectivity index is 1.82. The Morgan fingerprint density at radius 2 is 1.69 bits per heavy atom. The molecule has 1 aliphatic rings. The zero-order valence-corrected chi connectivity index (χ0v) is 17.7. The zero-order chi connectivity index (χ0) is 19.3. The van der Waals surface area contributed by atoms with Gasteiger partial charge in [-0.25, -0.2) is 0 Å². The van der Waals surface area contributed by atoms with Crippen LogP contribution >= 0.6 is 0 Å². The van der Waals surface area contributed by atoms with Crippen molar-refractivity contribution in [2.45, 2.75) is 67.3 Å². The largest absolute Gasteiger partial charge is 0.340 e. The number of nitrogens with zero attached hydrogens (tertiary/aromatic N) is 4. The van der Waals surface area contributed by atoms with Gasteiger partial charge < -0.3 is 4.90 Å². The van der Waals surface area contributed by atoms with Crippen LogP contribution in [0.25, 0.3) is 0 Å². The summed E-state index contributed by atoms with van der Waals surface area (Å²) in [6, 6.07) is 0. The van der Waals surface area contributed by atoms with Gasteiger partial charge in [0.2, 0.25) is 5.91 Å². The van der Waals surface area contributed by atoms with E-state index in [-0.39, 0.29) is 0 Å². The van der Waals surface area contributed by atoms with Crippen molar-refractivity contribution in [3.63, 3.8) is 0 Å². The van der Waals surface area contributed by atoms with Crippen molar-refractivity contribution in [1.29, 1.82) is 0 Å². The molecule has 0 bridgehead atoms. The second-order valence-corrected chi connectivity index (χ2v) is 8.63. The molecule has 1 saturated heterocycles. The van der Waals surface area contributed by atoms with E-state index >= 15 is 0 Å². The van der Waals surface area contributed by atoms with E-state index in [1.165, 1.54) is 17.7 Å². The first-order valence-corrected chi connectivity index (χ1v) is 10.3. The van der Waals surface area contributed by atoms with Gasteiger partial charge in [-0.2, -0.15) is 5.10 Å². The first-order valence-electron chi connectivity index (χ1n) is 10.3. The van der Waals surface area contributed by atoms with E-state index in [0.717, 1.165) is 57.3 Å². The van der Waals surface area contributed by atoms with Crippen molar-refractivity contribution in [3.8, 4) is 0 Å². The van der Waals surface area contributed by atoms with Crippen molar-refractivity contribution in [2.24, 2.45) is 11.8 Å². The second-order valence-electron chi connectivity index (χ2n) is 8.63. The molecule has 26 heavy (non-hydrogen) atoms. The third-order valence-corrected chi connectivity index (χ3v) is 5.41. The third-order valence-electron chi connectivity index (χ3n) is 5.41. The normalized spacial score (nSPS) is 16.1. The van der Waals surface area contributed by atoms with Gasteiger partial charge in [0.1, 0.15) is 0 Å². The molecule has 0 spiro atoms. The number of amides is 1. The monoisotopic (exact) mass is 362 g/mol. The van der Waals surface area contributed by atoms with Gasteiger partial charge in [-0.05, 0) is 50.6 Å². The van der Waals surface area contributed by atoms with Crippen LogP contribution in [0.1, 0.15) is 57.5 Å². The lowest BCUT2D eigenvalue weighted by Gasteiger charge is -2.35. The summed E-state index contributed by atoms with van der Waals surface area (Å²) in [7, 11) is 0. The zero-order valence-electron chi connectivity index (χ0n) is 17.7. The Morgan fingerprint density at radius 3 is 2.27 bits per heavy atom. The topological polar surface area (TPSA) is 41.4 Å².